The summed E-state index contributed by atoms with van der Waals surface area (Å²) in [5, 5.41) is 4.99. The van der Waals surface area contributed by atoms with E-state index < -0.39 is 0 Å². The molecule has 4 rings (SSSR count). The molecule has 0 radical (unpaired) electrons. The van der Waals surface area contributed by atoms with Gasteiger partial charge in [-0.1, -0.05) is 60.7 Å². The molecule has 0 N–H and O–H groups in total. The second-order valence-corrected chi connectivity index (χ2v) is 5.36. The second kappa shape index (κ2) is 5.25. The van der Waals surface area contributed by atoms with Crippen molar-refractivity contribution in [1.29, 1.82) is 0 Å². The third-order valence-corrected chi connectivity index (χ3v) is 3.82. The molecule has 0 atom stereocenters. The Bertz CT molecular complexity index is 1030. The van der Waals surface area contributed by atoms with Gasteiger partial charge in [-0.2, -0.15) is 5.10 Å². The number of rotatable bonds is 2. The maximum atomic E-state index is 12.7. The lowest BCUT2D eigenvalue weighted by molar-refractivity contribution is 0.571. The van der Waals surface area contributed by atoms with E-state index in [2.05, 4.69) is 5.10 Å². The first-order chi connectivity index (χ1) is 11.2. The maximum absolute atomic E-state index is 12.7. The van der Waals surface area contributed by atoms with Crippen molar-refractivity contribution in [3.05, 3.63) is 77.0 Å². The molecule has 4 heteroatoms. The quantitative estimate of drug-likeness (QED) is 0.565. The highest BCUT2D eigenvalue weighted by molar-refractivity contribution is 5.90. The highest BCUT2D eigenvalue weighted by atomic mass is 16.3. The zero-order chi connectivity index (χ0) is 15.8. The van der Waals surface area contributed by atoms with Crippen molar-refractivity contribution in [2.75, 3.05) is 0 Å². The van der Waals surface area contributed by atoms with Gasteiger partial charge in [0.1, 0.15) is 16.8 Å². The SMILES string of the molecule is Cn1nc(-c2ccccc2)c2c(=O)cc(-c3ccccc3)oc21. The van der Waals surface area contributed by atoms with Crippen molar-refractivity contribution >= 4 is 11.1 Å². The molecule has 112 valence electrons. The van der Waals surface area contributed by atoms with E-state index in [4.69, 9.17) is 4.42 Å². The van der Waals surface area contributed by atoms with Crippen molar-refractivity contribution in [3.63, 3.8) is 0 Å². The number of aryl methyl sites for hydroxylation is 1. The van der Waals surface area contributed by atoms with E-state index >= 15 is 0 Å². The van der Waals surface area contributed by atoms with E-state index in [9.17, 15) is 4.79 Å². The number of aromatic nitrogens is 2. The minimum atomic E-state index is -0.0861. The highest BCUT2D eigenvalue weighted by Crippen LogP contribution is 2.28. The van der Waals surface area contributed by atoms with Crippen LogP contribution in [0, 0.1) is 0 Å². The van der Waals surface area contributed by atoms with E-state index in [-0.39, 0.29) is 5.43 Å². The normalized spacial score (nSPS) is 11.0. The Balaban J connectivity index is 2.00. The average Bonchev–Trinajstić information content (AvgIpc) is 2.94. The lowest BCUT2D eigenvalue weighted by atomic mass is 10.1. The summed E-state index contributed by atoms with van der Waals surface area (Å²) in [6, 6.07) is 20.8. The van der Waals surface area contributed by atoms with Crippen LogP contribution in [0.5, 0.6) is 0 Å². The van der Waals surface area contributed by atoms with Crippen LogP contribution in [0.2, 0.25) is 0 Å². The van der Waals surface area contributed by atoms with Gasteiger partial charge in [-0.3, -0.25) is 4.79 Å². The minimum absolute atomic E-state index is 0.0861. The molecule has 0 fully saturated rings. The molecule has 4 nitrogen and oxygen atoms in total. The van der Waals surface area contributed by atoms with E-state index in [1.807, 2.05) is 60.7 Å². The summed E-state index contributed by atoms with van der Waals surface area (Å²) in [6.07, 6.45) is 0. The molecular formula is C19H14N2O2. The number of fused-ring (bicyclic) bond motifs is 1. The molecule has 0 unspecified atom stereocenters. The van der Waals surface area contributed by atoms with Crippen molar-refractivity contribution in [2.24, 2.45) is 7.05 Å². The molecule has 23 heavy (non-hydrogen) atoms. The summed E-state index contributed by atoms with van der Waals surface area (Å²) < 4.78 is 7.58. The average molecular weight is 302 g/mol. The lowest BCUT2D eigenvalue weighted by Crippen LogP contribution is -2.01. The molecule has 4 aromatic rings. The van der Waals surface area contributed by atoms with E-state index in [0.717, 1.165) is 11.1 Å². The summed E-state index contributed by atoms with van der Waals surface area (Å²) in [4.78, 5) is 12.7. The molecule has 0 spiro atoms. The Morgan fingerprint density at radius 2 is 1.52 bits per heavy atom. The summed E-state index contributed by atoms with van der Waals surface area (Å²) in [5.41, 5.74) is 2.82. The Morgan fingerprint density at radius 1 is 0.913 bits per heavy atom. The largest absolute Gasteiger partial charge is 0.438 e. The lowest BCUT2D eigenvalue weighted by Gasteiger charge is -2.01. The van der Waals surface area contributed by atoms with Gasteiger partial charge in [-0.15, -0.1) is 0 Å². The molecule has 2 heterocycles. The van der Waals surface area contributed by atoms with Gasteiger partial charge in [-0.05, 0) is 0 Å². The van der Waals surface area contributed by atoms with Crippen LogP contribution in [0.4, 0.5) is 0 Å². The monoisotopic (exact) mass is 302 g/mol. The number of hydrogen-bond acceptors (Lipinski definition) is 3. The van der Waals surface area contributed by atoms with Crippen LogP contribution in [0.25, 0.3) is 33.7 Å². The summed E-state index contributed by atoms with van der Waals surface area (Å²) in [5.74, 6) is 0.547. The van der Waals surface area contributed by atoms with Gasteiger partial charge in [0.15, 0.2) is 5.43 Å². The third kappa shape index (κ3) is 2.25. The van der Waals surface area contributed by atoms with Gasteiger partial charge < -0.3 is 4.42 Å². The summed E-state index contributed by atoms with van der Waals surface area (Å²) in [6.45, 7) is 0. The van der Waals surface area contributed by atoms with Gasteiger partial charge in [0, 0.05) is 24.2 Å². The van der Waals surface area contributed by atoms with E-state index in [0.29, 0.717) is 22.6 Å². The Kier molecular flexibility index (Phi) is 3.08. The summed E-state index contributed by atoms with van der Waals surface area (Å²) >= 11 is 0. The fourth-order valence-electron chi connectivity index (χ4n) is 2.72. The topological polar surface area (TPSA) is 48.0 Å². The Hall–Kier alpha value is -3.14. The number of nitrogens with zero attached hydrogens (tertiary/aromatic N) is 2. The highest BCUT2D eigenvalue weighted by Gasteiger charge is 2.17. The number of benzene rings is 2. The molecule has 0 bridgehead atoms. The molecule has 0 saturated carbocycles. The van der Waals surface area contributed by atoms with Crippen LogP contribution >= 0.6 is 0 Å². The van der Waals surface area contributed by atoms with Crippen molar-refractivity contribution in [1.82, 2.24) is 9.78 Å². The van der Waals surface area contributed by atoms with Crippen LogP contribution in [0.15, 0.2) is 75.9 Å². The van der Waals surface area contributed by atoms with Crippen LogP contribution in [-0.2, 0) is 7.05 Å². The van der Waals surface area contributed by atoms with Crippen LogP contribution in [-0.4, -0.2) is 9.78 Å². The van der Waals surface area contributed by atoms with Crippen molar-refractivity contribution in [3.8, 4) is 22.6 Å². The third-order valence-electron chi connectivity index (χ3n) is 3.82. The Labute approximate surface area is 132 Å². The van der Waals surface area contributed by atoms with E-state index in [1.54, 1.807) is 11.7 Å². The van der Waals surface area contributed by atoms with Crippen LogP contribution in [0.1, 0.15) is 0 Å². The summed E-state index contributed by atoms with van der Waals surface area (Å²) in [7, 11) is 1.78. The molecule has 0 aliphatic heterocycles. The van der Waals surface area contributed by atoms with Gasteiger partial charge in [-0.25, -0.2) is 4.68 Å². The number of hydrogen-bond donors (Lipinski definition) is 0. The second-order valence-electron chi connectivity index (χ2n) is 5.36. The predicted molar refractivity (Wildman–Crippen MR) is 90.1 cm³/mol. The molecule has 2 aromatic carbocycles. The first kappa shape index (κ1) is 13.5. The van der Waals surface area contributed by atoms with Gasteiger partial charge in [0.2, 0.25) is 5.71 Å². The van der Waals surface area contributed by atoms with Gasteiger partial charge in [0.05, 0.1) is 0 Å². The smallest absolute Gasteiger partial charge is 0.229 e. The molecule has 0 saturated heterocycles. The zero-order valence-corrected chi connectivity index (χ0v) is 12.6. The fourth-order valence-corrected chi connectivity index (χ4v) is 2.72. The van der Waals surface area contributed by atoms with Gasteiger partial charge >= 0.3 is 0 Å². The predicted octanol–water partition coefficient (Wildman–Crippen LogP) is 3.86. The first-order valence-electron chi connectivity index (χ1n) is 7.36. The standard InChI is InChI=1S/C19H14N2O2/c1-21-19-17(18(20-21)14-10-6-3-7-11-14)15(22)12-16(23-19)13-8-4-2-5-9-13/h2-12H,1H3. The molecular weight excluding hydrogens is 288 g/mol. The zero-order valence-electron chi connectivity index (χ0n) is 12.6. The van der Waals surface area contributed by atoms with E-state index in [1.165, 1.54) is 6.07 Å². The Morgan fingerprint density at radius 3 is 2.17 bits per heavy atom. The van der Waals surface area contributed by atoms with Crippen LogP contribution in [0.3, 0.4) is 0 Å². The molecule has 0 amide bonds. The van der Waals surface area contributed by atoms with Crippen LogP contribution < -0.4 is 5.43 Å². The molecule has 2 aromatic heterocycles. The maximum Gasteiger partial charge on any atom is 0.229 e. The fraction of sp³-hybridized carbons (Fsp3) is 0.0526. The molecule has 0 aliphatic rings. The van der Waals surface area contributed by atoms with Crippen molar-refractivity contribution in [2.45, 2.75) is 0 Å². The van der Waals surface area contributed by atoms with Gasteiger partial charge in [0.25, 0.3) is 0 Å². The minimum Gasteiger partial charge on any atom is -0.438 e. The van der Waals surface area contributed by atoms with Crippen molar-refractivity contribution < 1.29 is 4.42 Å². The first-order valence-corrected chi connectivity index (χ1v) is 7.36. The molecule has 0 aliphatic carbocycles.